The van der Waals surface area contributed by atoms with Gasteiger partial charge in [-0.05, 0) is 36.6 Å². The number of para-hydroxylation sites is 1. The van der Waals surface area contributed by atoms with Crippen molar-refractivity contribution in [3.63, 3.8) is 0 Å². The van der Waals surface area contributed by atoms with E-state index in [-0.39, 0.29) is 17.9 Å². The van der Waals surface area contributed by atoms with Crippen LogP contribution in [-0.2, 0) is 6.42 Å². The van der Waals surface area contributed by atoms with Crippen molar-refractivity contribution in [2.75, 3.05) is 12.8 Å². The molecule has 3 rings (SSSR count). The van der Waals surface area contributed by atoms with Crippen LogP contribution >= 0.6 is 0 Å². The number of anilines is 1. The summed E-state index contributed by atoms with van der Waals surface area (Å²) in [5.41, 5.74) is 7.78. The van der Waals surface area contributed by atoms with Crippen LogP contribution in [0.25, 0.3) is 10.9 Å². The molecule has 5 nitrogen and oxygen atoms in total. The van der Waals surface area contributed by atoms with E-state index in [0.717, 1.165) is 10.9 Å². The molecule has 0 atom stereocenters. The number of benzene rings is 2. The minimum Gasteiger partial charge on any atom is -0.496 e. The van der Waals surface area contributed by atoms with Crippen molar-refractivity contribution in [3.05, 3.63) is 70.0 Å². The molecule has 0 aliphatic carbocycles. The molecule has 1 aromatic heterocycles. The normalized spacial score (nSPS) is 10.8. The highest BCUT2D eigenvalue weighted by Gasteiger charge is 2.16. The van der Waals surface area contributed by atoms with Crippen LogP contribution in [0.1, 0.15) is 15.9 Å². The number of ether oxygens (including phenoxy) is 1. The molecular weight excluding hydrogens is 304 g/mol. The van der Waals surface area contributed by atoms with Gasteiger partial charge in [0.1, 0.15) is 5.75 Å². The minimum absolute atomic E-state index is 0.0667. The van der Waals surface area contributed by atoms with Crippen LogP contribution in [0.3, 0.4) is 0 Å². The Hall–Kier alpha value is -3.08. The molecule has 0 bridgehead atoms. The third-order valence-electron chi connectivity index (χ3n) is 3.99. The van der Waals surface area contributed by atoms with Gasteiger partial charge in [-0.2, -0.15) is 0 Å². The van der Waals surface area contributed by atoms with Crippen molar-refractivity contribution in [1.82, 2.24) is 4.57 Å². The van der Waals surface area contributed by atoms with Gasteiger partial charge < -0.3 is 10.5 Å². The molecule has 0 saturated heterocycles. The smallest absolute Gasteiger partial charge is 0.260 e. The topological polar surface area (TPSA) is 74.3 Å². The second kappa shape index (κ2) is 6.20. The van der Waals surface area contributed by atoms with Crippen molar-refractivity contribution in [2.45, 2.75) is 13.3 Å². The zero-order valence-corrected chi connectivity index (χ0v) is 13.6. The fourth-order valence-corrected chi connectivity index (χ4v) is 2.80. The lowest BCUT2D eigenvalue weighted by atomic mass is 10.1. The molecule has 1 heterocycles. The Kier molecular flexibility index (Phi) is 4.08. The summed E-state index contributed by atoms with van der Waals surface area (Å²) in [6.45, 7) is 1.70. The summed E-state index contributed by atoms with van der Waals surface area (Å²) in [6, 6.07) is 14.2. The molecule has 0 radical (unpaired) electrons. The molecule has 2 aromatic carbocycles. The number of carbonyl (C=O) groups excluding carboxylic acids is 1. The van der Waals surface area contributed by atoms with E-state index >= 15 is 0 Å². The van der Waals surface area contributed by atoms with E-state index in [9.17, 15) is 9.59 Å². The fraction of sp³-hybridized carbons (Fsp3) is 0.158. The number of pyridine rings is 1. The molecule has 0 amide bonds. The van der Waals surface area contributed by atoms with E-state index in [0.29, 0.717) is 22.5 Å². The molecule has 0 unspecified atom stereocenters. The number of hydrogen-bond acceptors (Lipinski definition) is 4. The second-order valence-corrected chi connectivity index (χ2v) is 5.67. The Morgan fingerprint density at radius 1 is 1.17 bits per heavy atom. The van der Waals surface area contributed by atoms with E-state index in [2.05, 4.69) is 0 Å². The first-order valence-electron chi connectivity index (χ1n) is 7.58. The van der Waals surface area contributed by atoms with Gasteiger partial charge in [-0.3, -0.25) is 9.59 Å². The van der Waals surface area contributed by atoms with E-state index in [1.807, 2.05) is 24.3 Å². The van der Waals surface area contributed by atoms with E-state index in [4.69, 9.17) is 10.5 Å². The van der Waals surface area contributed by atoms with Crippen molar-refractivity contribution in [2.24, 2.45) is 0 Å². The van der Waals surface area contributed by atoms with Gasteiger partial charge in [0.05, 0.1) is 19.0 Å². The number of carbonyl (C=O) groups is 1. The van der Waals surface area contributed by atoms with Crippen LogP contribution in [0.5, 0.6) is 5.75 Å². The Morgan fingerprint density at radius 3 is 2.67 bits per heavy atom. The zero-order valence-electron chi connectivity index (χ0n) is 13.6. The first-order valence-corrected chi connectivity index (χ1v) is 7.58. The Balaban J connectivity index is 2.14. The quantitative estimate of drug-likeness (QED) is 0.753. The third kappa shape index (κ3) is 2.76. The van der Waals surface area contributed by atoms with Crippen LogP contribution < -0.4 is 16.0 Å². The van der Waals surface area contributed by atoms with Gasteiger partial charge in [0.2, 0.25) is 5.91 Å². The van der Waals surface area contributed by atoms with Crippen molar-refractivity contribution in [3.8, 4) is 5.75 Å². The molecule has 5 heteroatoms. The highest BCUT2D eigenvalue weighted by atomic mass is 16.5. The Morgan fingerprint density at radius 2 is 1.92 bits per heavy atom. The first kappa shape index (κ1) is 15.8. The lowest BCUT2D eigenvalue weighted by molar-refractivity contribution is 0.0914. The second-order valence-electron chi connectivity index (χ2n) is 5.67. The molecule has 2 N–H and O–H groups in total. The average Bonchev–Trinajstić information content (AvgIpc) is 2.57. The van der Waals surface area contributed by atoms with Gasteiger partial charge >= 0.3 is 0 Å². The highest BCUT2D eigenvalue weighted by Crippen LogP contribution is 2.21. The number of rotatable bonds is 3. The SMILES string of the molecule is COc1ccccc1CC(=O)n1c(=O)c(C)cc2ccc(N)cc21. The summed E-state index contributed by atoms with van der Waals surface area (Å²) in [4.78, 5) is 25.4. The maximum absolute atomic E-state index is 12.8. The predicted molar refractivity (Wildman–Crippen MR) is 94.7 cm³/mol. The molecule has 0 saturated carbocycles. The summed E-state index contributed by atoms with van der Waals surface area (Å²) in [5, 5.41) is 0.801. The standard InChI is InChI=1S/C19H18N2O3/c1-12-9-13-7-8-15(20)11-16(13)21(19(12)23)18(22)10-14-5-3-4-6-17(14)24-2/h3-9,11H,10,20H2,1-2H3. The Bertz CT molecular complexity index is 990. The van der Waals surface area contributed by atoms with Gasteiger partial charge in [0.15, 0.2) is 0 Å². The van der Waals surface area contributed by atoms with Crippen molar-refractivity contribution in [1.29, 1.82) is 0 Å². The van der Waals surface area contributed by atoms with Gasteiger partial charge in [0.25, 0.3) is 5.56 Å². The van der Waals surface area contributed by atoms with Gasteiger partial charge in [-0.15, -0.1) is 0 Å². The van der Waals surface area contributed by atoms with Crippen molar-refractivity contribution >= 4 is 22.5 Å². The molecule has 0 fully saturated rings. The first-order chi connectivity index (χ1) is 11.5. The fourth-order valence-electron chi connectivity index (χ4n) is 2.80. The molecule has 0 aliphatic heterocycles. The summed E-state index contributed by atoms with van der Waals surface area (Å²) >= 11 is 0. The summed E-state index contributed by atoms with van der Waals surface area (Å²) in [6.07, 6.45) is 0.0667. The lowest BCUT2D eigenvalue weighted by Crippen LogP contribution is -2.30. The van der Waals surface area contributed by atoms with Crippen LogP contribution in [0, 0.1) is 6.92 Å². The number of nitrogen functional groups attached to an aromatic ring is 1. The molecule has 3 aromatic rings. The van der Waals surface area contributed by atoms with Crippen LogP contribution in [-0.4, -0.2) is 17.6 Å². The molecule has 0 spiro atoms. The number of nitrogens with two attached hydrogens (primary N) is 1. The zero-order chi connectivity index (χ0) is 17.3. The van der Waals surface area contributed by atoms with Crippen LogP contribution in [0.2, 0.25) is 0 Å². The average molecular weight is 322 g/mol. The number of hydrogen-bond donors (Lipinski definition) is 1. The van der Waals surface area contributed by atoms with Crippen LogP contribution in [0.4, 0.5) is 5.69 Å². The summed E-state index contributed by atoms with van der Waals surface area (Å²) < 4.78 is 6.48. The van der Waals surface area contributed by atoms with Gasteiger partial charge in [-0.25, -0.2) is 4.57 Å². The number of fused-ring (bicyclic) bond motifs is 1. The van der Waals surface area contributed by atoms with E-state index in [1.54, 1.807) is 38.3 Å². The predicted octanol–water partition coefficient (Wildman–Crippen LogP) is 2.78. The Labute approximate surface area is 139 Å². The van der Waals surface area contributed by atoms with E-state index in [1.165, 1.54) is 4.57 Å². The molecule has 0 aliphatic rings. The summed E-state index contributed by atoms with van der Waals surface area (Å²) in [5.74, 6) is 0.305. The molecular formula is C19H18N2O3. The number of nitrogens with zero attached hydrogens (tertiary/aromatic N) is 1. The highest BCUT2D eigenvalue weighted by molar-refractivity contribution is 5.94. The number of methoxy groups -OCH3 is 1. The summed E-state index contributed by atoms with van der Waals surface area (Å²) in [7, 11) is 1.55. The molecule has 24 heavy (non-hydrogen) atoms. The molecule has 122 valence electrons. The lowest BCUT2D eigenvalue weighted by Gasteiger charge is -2.12. The largest absolute Gasteiger partial charge is 0.496 e. The number of aromatic nitrogens is 1. The maximum atomic E-state index is 12.8. The number of aryl methyl sites for hydroxylation is 1. The monoisotopic (exact) mass is 322 g/mol. The maximum Gasteiger partial charge on any atom is 0.260 e. The minimum atomic E-state index is -0.326. The third-order valence-corrected chi connectivity index (χ3v) is 3.99. The van der Waals surface area contributed by atoms with E-state index < -0.39 is 0 Å². The van der Waals surface area contributed by atoms with Gasteiger partial charge in [0, 0.05) is 16.8 Å². The van der Waals surface area contributed by atoms with Crippen LogP contribution in [0.15, 0.2) is 53.3 Å². The van der Waals surface area contributed by atoms with Crippen molar-refractivity contribution < 1.29 is 9.53 Å². The van der Waals surface area contributed by atoms with Gasteiger partial charge in [-0.1, -0.05) is 24.3 Å².